The zero-order valence-corrected chi connectivity index (χ0v) is 9.97. The van der Waals surface area contributed by atoms with E-state index >= 15 is 0 Å². The molecular weight excluding hydrogens is 194 g/mol. The summed E-state index contributed by atoms with van der Waals surface area (Å²) in [5.74, 6) is 1.17. The first-order valence-electron chi connectivity index (χ1n) is 4.93. The summed E-state index contributed by atoms with van der Waals surface area (Å²) >= 11 is 1.88. The molecule has 0 saturated heterocycles. The summed E-state index contributed by atoms with van der Waals surface area (Å²) in [5.41, 5.74) is 1.29. The lowest BCUT2D eigenvalue weighted by molar-refractivity contribution is 0.581. The lowest BCUT2D eigenvalue weighted by atomic mass is 10.3. The van der Waals surface area contributed by atoms with E-state index in [1.54, 1.807) is 0 Å². The normalized spacial score (nSPS) is 13.1. The van der Waals surface area contributed by atoms with Gasteiger partial charge in [-0.05, 0) is 19.2 Å². The van der Waals surface area contributed by atoms with Crippen LogP contribution >= 0.6 is 11.8 Å². The van der Waals surface area contributed by atoms with Gasteiger partial charge in [0.05, 0.1) is 0 Å². The Balaban J connectivity index is 2.19. The van der Waals surface area contributed by atoms with Crippen molar-refractivity contribution in [2.24, 2.45) is 7.05 Å². The summed E-state index contributed by atoms with van der Waals surface area (Å²) in [6.45, 7) is 3.25. The molecule has 0 fully saturated rings. The fraction of sp³-hybridized carbons (Fsp3) is 0.700. The third-order valence-electron chi connectivity index (χ3n) is 2.21. The van der Waals surface area contributed by atoms with Gasteiger partial charge in [-0.1, -0.05) is 0 Å². The van der Waals surface area contributed by atoms with Gasteiger partial charge >= 0.3 is 0 Å². The van der Waals surface area contributed by atoms with E-state index < -0.39 is 0 Å². The Morgan fingerprint density at radius 2 is 2.43 bits per heavy atom. The van der Waals surface area contributed by atoms with Crippen LogP contribution in [0.4, 0.5) is 0 Å². The lowest BCUT2D eigenvalue weighted by Gasteiger charge is -2.11. The van der Waals surface area contributed by atoms with Crippen LogP contribution in [0.3, 0.4) is 0 Å². The first-order chi connectivity index (χ1) is 6.74. The molecular formula is C10H19N3S. The number of nitrogens with one attached hydrogen (secondary N) is 1. The number of rotatable bonds is 6. The molecule has 0 spiro atoms. The van der Waals surface area contributed by atoms with Crippen LogP contribution in [0.15, 0.2) is 12.3 Å². The molecule has 0 aliphatic heterocycles. The van der Waals surface area contributed by atoms with E-state index in [0.717, 1.165) is 13.0 Å². The molecule has 0 aliphatic rings. The number of aryl methyl sites for hydroxylation is 1. The van der Waals surface area contributed by atoms with Crippen LogP contribution in [0.2, 0.25) is 0 Å². The molecule has 4 heteroatoms. The second-order valence-corrected chi connectivity index (χ2v) is 4.42. The molecule has 3 nitrogen and oxygen atoms in total. The van der Waals surface area contributed by atoms with Crippen LogP contribution in [0, 0.1) is 0 Å². The SMILES string of the molecule is CSCC(C)NCCc1ccnn1C. The smallest absolute Gasteiger partial charge is 0.0492 e. The fourth-order valence-corrected chi connectivity index (χ4v) is 2.02. The van der Waals surface area contributed by atoms with Gasteiger partial charge < -0.3 is 5.32 Å². The Bertz CT molecular complexity index is 260. The van der Waals surface area contributed by atoms with Crippen LogP contribution in [-0.2, 0) is 13.5 Å². The van der Waals surface area contributed by atoms with Crippen molar-refractivity contribution in [1.82, 2.24) is 15.1 Å². The van der Waals surface area contributed by atoms with Gasteiger partial charge in [-0.2, -0.15) is 16.9 Å². The van der Waals surface area contributed by atoms with Gasteiger partial charge in [-0.25, -0.2) is 0 Å². The molecule has 0 radical (unpaired) electrons. The summed E-state index contributed by atoms with van der Waals surface area (Å²) in [6.07, 6.45) is 5.04. The van der Waals surface area contributed by atoms with E-state index in [1.165, 1.54) is 11.4 Å². The van der Waals surface area contributed by atoms with Gasteiger partial charge in [0, 0.05) is 43.7 Å². The third-order valence-corrected chi connectivity index (χ3v) is 3.05. The fourth-order valence-electron chi connectivity index (χ4n) is 1.40. The van der Waals surface area contributed by atoms with E-state index in [-0.39, 0.29) is 0 Å². The highest BCUT2D eigenvalue weighted by Gasteiger charge is 2.01. The first-order valence-corrected chi connectivity index (χ1v) is 6.32. The van der Waals surface area contributed by atoms with Crippen molar-refractivity contribution in [3.63, 3.8) is 0 Å². The average Bonchev–Trinajstić information content (AvgIpc) is 2.52. The molecule has 1 heterocycles. The highest BCUT2D eigenvalue weighted by molar-refractivity contribution is 7.98. The summed E-state index contributed by atoms with van der Waals surface area (Å²) in [5, 5.41) is 7.62. The van der Waals surface area contributed by atoms with Crippen LogP contribution in [-0.4, -0.2) is 34.4 Å². The molecule has 0 bridgehead atoms. The van der Waals surface area contributed by atoms with E-state index in [9.17, 15) is 0 Å². The Morgan fingerprint density at radius 1 is 1.64 bits per heavy atom. The van der Waals surface area contributed by atoms with E-state index in [0.29, 0.717) is 6.04 Å². The minimum absolute atomic E-state index is 0.596. The molecule has 0 amide bonds. The van der Waals surface area contributed by atoms with Crippen molar-refractivity contribution >= 4 is 11.8 Å². The molecule has 1 unspecified atom stereocenters. The second-order valence-electron chi connectivity index (χ2n) is 3.51. The highest BCUT2D eigenvalue weighted by Crippen LogP contribution is 1.98. The van der Waals surface area contributed by atoms with Crippen molar-refractivity contribution in [2.75, 3.05) is 18.6 Å². The van der Waals surface area contributed by atoms with Crippen molar-refractivity contribution in [3.8, 4) is 0 Å². The van der Waals surface area contributed by atoms with E-state index in [1.807, 2.05) is 29.7 Å². The molecule has 0 saturated carbocycles. The van der Waals surface area contributed by atoms with Crippen molar-refractivity contribution < 1.29 is 0 Å². The number of thioether (sulfide) groups is 1. The van der Waals surface area contributed by atoms with Gasteiger partial charge in [-0.3, -0.25) is 4.68 Å². The van der Waals surface area contributed by atoms with Crippen molar-refractivity contribution in [2.45, 2.75) is 19.4 Å². The number of hydrogen-bond acceptors (Lipinski definition) is 3. The highest BCUT2D eigenvalue weighted by atomic mass is 32.2. The minimum Gasteiger partial charge on any atom is -0.313 e. The van der Waals surface area contributed by atoms with Crippen molar-refractivity contribution in [3.05, 3.63) is 18.0 Å². The van der Waals surface area contributed by atoms with Gasteiger partial charge in [0.1, 0.15) is 0 Å². The van der Waals surface area contributed by atoms with Gasteiger partial charge in [0.25, 0.3) is 0 Å². The number of hydrogen-bond donors (Lipinski definition) is 1. The maximum atomic E-state index is 4.14. The Labute approximate surface area is 90.3 Å². The number of nitrogens with zero attached hydrogens (tertiary/aromatic N) is 2. The molecule has 1 aromatic heterocycles. The van der Waals surface area contributed by atoms with Crippen LogP contribution in [0.1, 0.15) is 12.6 Å². The molecule has 14 heavy (non-hydrogen) atoms. The Hall–Kier alpha value is -0.480. The average molecular weight is 213 g/mol. The summed E-state index contributed by atoms with van der Waals surface area (Å²) < 4.78 is 1.93. The largest absolute Gasteiger partial charge is 0.313 e. The maximum absolute atomic E-state index is 4.14. The molecule has 1 rings (SSSR count). The molecule has 0 aliphatic carbocycles. The quantitative estimate of drug-likeness (QED) is 0.772. The topological polar surface area (TPSA) is 29.9 Å². The zero-order chi connectivity index (χ0) is 10.4. The van der Waals surface area contributed by atoms with Gasteiger partial charge in [-0.15, -0.1) is 0 Å². The predicted octanol–water partition coefficient (Wildman–Crippen LogP) is 1.30. The van der Waals surface area contributed by atoms with E-state index in [4.69, 9.17) is 0 Å². The standard InChI is InChI=1S/C10H19N3S/c1-9(8-14-3)11-6-4-10-5-7-12-13(10)2/h5,7,9,11H,4,6,8H2,1-3H3. The van der Waals surface area contributed by atoms with Crippen LogP contribution < -0.4 is 5.32 Å². The van der Waals surface area contributed by atoms with Crippen molar-refractivity contribution in [1.29, 1.82) is 0 Å². The molecule has 0 aromatic carbocycles. The second kappa shape index (κ2) is 6.09. The van der Waals surface area contributed by atoms with Crippen LogP contribution in [0.25, 0.3) is 0 Å². The predicted molar refractivity (Wildman–Crippen MR) is 62.8 cm³/mol. The minimum atomic E-state index is 0.596. The number of aromatic nitrogens is 2. The maximum Gasteiger partial charge on any atom is 0.0492 e. The molecule has 1 aromatic rings. The Morgan fingerprint density at radius 3 is 3.00 bits per heavy atom. The first kappa shape index (κ1) is 11.6. The summed E-state index contributed by atoms with van der Waals surface area (Å²) in [7, 11) is 1.99. The summed E-state index contributed by atoms with van der Waals surface area (Å²) in [6, 6.07) is 2.67. The van der Waals surface area contributed by atoms with Gasteiger partial charge in [0.15, 0.2) is 0 Å². The lowest BCUT2D eigenvalue weighted by Crippen LogP contribution is -2.30. The Kier molecular flexibility index (Phi) is 5.04. The molecule has 80 valence electrons. The van der Waals surface area contributed by atoms with Gasteiger partial charge in [0.2, 0.25) is 0 Å². The third kappa shape index (κ3) is 3.72. The van der Waals surface area contributed by atoms with Crippen LogP contribution in [0.5, 0.6) is 0 Å². The summed E-state index contributed by atoms with van der Waals surface area (Å²) in [4.78, 5) is 0. The monoisotopic (exact) mass is 213 g/mol. The molecule has 1 atom stereocenters. The van der Waals surface area contributed by atoms with E-state index in [2.05, 4.69) is 29.7 Å². The zero-order valence-electron chi connectivity index (χ0n) is 9.16. The molecule has 1 N–H and O–H groups in total.